The summed E-state index contributed by atoms with van der Waals surface area (Å²) in [5, 5.41) is 8.81. The van der Waals surface area contributed by atoms with Crippen molar-refractivity contribution < 1.29 is 18.3 Å². The van der Waals surface area contributed by atoms with Crippen molar-refractivity contribution in [2.75, 3.05) is 19.6 Å². The maximum Gasteiger partial charge on any atom is 0.335 e. The molecule has 1 aromatic rings. The van der Waals surface area contributed by atoms with Crippen LogP contribution >= 0.6 is 0 Å². The fourth-order valence-electron chi connectivity index (χ4n) is 2.61. The molecule has 1 heterocycles. The third kappa shape index (κ3) is 3.81. The molecule has 1 aliphatic rings. The third-order valence-corrected chi connectivity index (χ3v) is 5.27. The number of nitrogens with one attached hydrogen (secondary N) is 1. The number of sulfonamides is 1. The number of rotatable bonds is 6. The van der Waals surface area contributed by atoms with Crippen molar-refractivity contribution in [3.05, 3.63) is 29.8 Å². The first-order valence-corrected chi connectivity index (χ1v) is 8.49. The lowest BCUT2D eigenvalue weighted by Crippen LogP contribution is -2.39. The van der Waals surface area contributed by atoms with Crippen LogP contribution in [-0.2, 0) is 10.0 Å². The monoisotopic (exact) mass is 312 g/mol. The van der Waals surface area contributed by atoms with Gasteiger partial charge < -0.3 is 5.11 Å². The van der Waals surface area contributed by atoms with Crippen molar-refractivity contribution in [3.63, 3.8) is 0 Å². The Hall–Kier alpha value is -1.44. The zero-order valence-corrected chi connectivity index (χ0v) is 12.8. The van der Waals surface area contributed by atoms with Crippen LogP contribution in [0.4, 0.5) is 0 Å². The second-order valence-electron chi connectivity index (χ2n) is 5.11. The number of carbonyl (C=O) groups is 1. The van der Waals surface area contributed by atoms with Crippen LogP contribution < -0.4 is 4.72 Å². The molecule has 0 aromatic heterocycles. The van der Waals surface area contributed by atoms with Gasteiger partial charge >= 0.3 is 5.97 Å². The van der Waals surface area contributed by atoms with Crippen LogP contribution in [0.25, 0.3) is 0 Å². The van der Waals surface area contributed by atoms with Crippen LogP contribution in [0, 0.1) is 0 Å². The highest BCUT2D eigenvalue weighted by Gasteiger charge is 2.25. The lowest BCUT2D eigenvalue weighted by molar-refractivity contribution is 0.0696. The van der Waals surface area contributed by atoms with Gasteiger partial charge in [-0.15, -0.1) is 0 Å². The number of hydrogen-bond donors (Lipinski definition) is 2. The zero-order chi connectivity index (χ0) is 15.5. The molecule has 6 nitrogen and oxygen atoms in total. The first-order chi connectivity index (χ1) is 9.94. The molecule has 0 bridgehead atoms. The summed E-state index contributed by atoms with van der Waals surface area (Å²) >= 11 is 0. The van der Waals surface area contributed by atoms with E-state index in [2.05, 4.69) is 16.5 Å². The largest absolute Gasteiger partial charge is 0.478 e. The van der Waals surface area contributed by atoms with Crippen LogP contribution in [0.3, 0.4) is 0 Å². The van der Waals surface area contributed by atoms with E-state index >= 15 is 0 Å². The predicted molar refractivity (Wildman–Crippen MR) is 78.9 cm³/mol. The van der Waals surface area contributed by atoms with Crippen molar-refractivity contribution in [2.24, 2.45) is 0 Å². The van der Waals surface area contributed by atoms with E-state index in [-0.39, 0.29) is 16.5 Å². The first-order valence-electron chi connectivity index (χ1n) is 7.01. The van der Waals surface area contributed by atoms with Gasteiger partial charge in [0.05, 0.1) is 10.5 Å². The Morgan fingerprint density at radius 2 is 2.05 bits per heavy atom. The molecular weight excluding hydrogens is 292 g/mol. The van der Waals surface area contributed by atoms with Crippen LogP contribution in [-0.4, -0.2) is 50.1 Å². The third-order valence-electron chi connectivity index (χ3n) is 3.83. The number of benzene rings is 1. The van der Waals surface area contributed by atoms with Crippen LogP contribution in [0.2, 0.25) is 0 Å². The number of carboxylic acid groups (broad SMARTS) is 1. The minimum atomic E-state index is -3.59. The molecule has 0 radical (unpaired) electrons. The molecule has 0 spiro atoms. The standard InChI is InChI=1S/C14H20N2O4S/c1-2-16-9-3-4-12(16)10-15-21(19,20)13-7-5-11(6-8-13)14(17)18/h5-8,12,15H,2-4,9-10H2,1H3,(H,17,18). The quantitative estimate of drug-likeness (QED) is 0.823. The molecule has 2 rings (SSSR count). The van der Waals surface area contributed by atoms with Crippen LogP contribution in [0.15, 0.2) is 29.2 Å². The molecule has 1 fully saturated rings. The number of aromatic carboxylic acids is 1. The van der Waals surface area contributed by atoms with Crippen molar-refractivity contribution in [3.8, 4) is 0 Å². The average molecular weight is 312 g/mol. The SMILES string of the molecule is CCN1CCCC1CNS(=O)(=O)c1ccc(C(=O)O)cc1. The van der Waals surface area contributed by atoms with Gasteiger partial charge in [0.25, 0.3) is 0 Å². The van der Waals surface area contributed by atoms with E-state index in [1.54, 1.807) is 0 Å². The van der Waals surface area contributed by atoms with Crippen molar-refractivity contribution in [1.29, 1.82) is 0 Å². The van der Waals surface area contributed by atoms with Crippen molar-refractivity contribution >= 4 is 16.0 Å². The minimum absolute atomic E-state index is 0.0712. The fraction of sp³-hybridized carbons (Fsp3) is 0.500. The topological polar surface area (TPSA) is 86.7 Å². The molecule has 0 saturated carbocycles. The summed E-state index contributed by atoms with van der Waals surface area (Å²) in [6.45, 7) is 4.38. The second kappa shape index (κ2) is 6.55. The van der Waals surface area contributed by atoms with Gasteiger partial charge in [-0.05, 0) is 50.2 Å². The van der Waals surface area contributed by atoms with Crippen molar-refractivity contribution in [2.45, 2.75) is 30.7 Å². The second-order valence-corrected chi connectivity index (χ2v) is 6.87. The van der Waals surface area contributed by atoms with E-state index in [1.807, 2.05) is 0 Å². The van der Waals surface area contributed by atoms with Gasteiger partial charge in [0.2, 0.25) is 10.0 Å². The Bertz CT molecular complexity index is 598. The van der Waals surface area contributed by atoms with Crippen molar-refractivity contribution in [1.82, 2.24) is 9.62 Å². The highest BCUT2D eigenvalue weighted by atomic mass is 32.2. The highest BCUT2D eigenvalue weighted by molar-refractivity contribution is 7.89. The molecular formula is C14H20N2O4S. The maximum absolute atomic E-state index is 12.2. The number of nitrogens with zero attached hydrogens (tertiary/aromatic N) is 1. The number of carboxylic acids is 1. The molecule has 1 saturated heterocycles. The van der Waals surface area contributed by atoms with Gasteiger partial charge in [-0.2, -0.15) is 0 Å². The van der Waals surface area contributed by atoms with Gasteiger partial charge in [0, 0.05) is 12.6 Å². The average Bonchev–Trinajstić information content (AvgIpc) is 2.93. The number of likely N-dealkylation sites (tertiary alicyclic amines) is 1. The zero-order valence-electron chi connectivity index (χ0n) is 11.9. The summed E-state index contributed by atoms with van der Waals surface area (Å²) in [6.07, 6.45) is 2.09. The van der Waals surface area contributed by atoms with Gasteiger partial charge in [0.1, 0.15) is 0 Å². The lowest BCUT2D eigenvalue weighted by Gasteiger charge is -2.22. The first kappa shape index (κ1) is 15.9. The molecule has 21 heavy (non-hydrogen) atoms. The van der Waals surface area contributed by atoms with E-state index in [0.717, 1.165) is 25.9 Å². The molecule has 1 aliphatic heterocycles. The normalized spacial score (nSPS) is 19.8. The van der Waals surface area contributed by atoms with Gasteiger partial charge in [-0.25, -0.2) is 17.9 Å². The molecule has 2 N–H and O–H groups in total. The summed E-state index contributed by atoms with van der Waals surface area (Å²) in [7, 11) is -3.59. The molecule has 1 atom stereocenters. The summed E-state index contributed by atoms with van der Waals surface area (Å²) in [5.41, 5.74) is 0.0712. The van der Waals surface area contributed by atoms with E-state index < -0.39 is 16.0 Å². The minimum Gasteiger partial charge on any atom is -0.478 e. The molecule has 1 aromatic carbocycles. The number of likely N-dealkylation sites (N-methyl/N-ethyl adjacent to an activating group) is 1. The summed E-state index contributed by atoms with van der Waals surface area (Å²) in [4.78, 5) is 13.1. The van der Waals surface area contributed by atoms with E-state index in [0.29, 0.717) is 6.54 Å². The molecule has 0 aliphatic carbocycles. The van der Waals surface area contributed by atoms with E-state index in [1.165, 1.54) is 24.3 Å². The summed E-state index contributed by atoms with van der Waals surface area (Å²) in [5.74, 6) is -1.07. The van der Waals surface area contributed by atoms with Crippen LogP contribution in [0.5, 0.6) is 0 Å². The Balaban J connectivity index is 2.02. The van der Waals surface area contributed by atoms with E-state index in [9.17, 15) is 13.2 Å². The van der Waals surface area contributed by atoms with Gasteiger partial charge in [0.15, 0.2) is 0 Å². The Kier molecular flexibility index (Phi) is 4.97. The Morgan fingerprint density at radius 1 is 1.38 bits per heavy atom. The predicted octanol–water partition coefficient (Wildman–Crippen LogP) is 1.15. The number of hydrogen-bond acceptors (Lipinski definition) is 4. The van der Waals surface area contributed by atoms with Gasteiger partial charge in [-0.1, -0.05) is 6.92 Å². The molecule has 116 valence electrons. The molecule has 7 heteroatoms. The van der Waals surface area contributed by atoms with Gasteiger partial charge in [-0.3, -0.25) is 4.90 Å². The molecule has 0 amide bonds. The molecule has 1 unspecified atom stereocenters. The van der Waals surface area contributed by atoms with E-state index in [4.69, 9.17) is 5.11 Å². The maximum atomic E-state index is 12.2. The summed E-state index contributed by atoms with van der Waals surface area (Å²) < 4.78 is 27.0. The Morgan fingerprint density at radius 3 is 2.62 bits per heavy atom. The fourth-order valence-corrected chi connectivity index (χ4v) is 3.68. The van der Waals surface area contributed by atoms with Crippen LogP contribution in [0.1, 0.15) is 30.1 Å². The Labute approximate surface area is 124 Å². The highest BCUT2D eigenvalue weighted by Crippen LogP contribution is 2.17. The summed E-state index contributed by atoms with van der Waals surface area (Å²) in [6, 6.07) is 5.47. The smallest absolute Gasteiger partial charge is 0.335 e. The lowest BCUT2D eigenvalue weighted by atomic mass is 10.2.